The molecule has 22 heavy (non-hydrogen) atoms. The maximum Gasteiger partial charge on any atom is 0.161 e. The summed E-state index contributed by atoms with van der Waals surface area (Å²) in [6, 6.07) is 6.35. The quantitative estimate of drug-likeness (QED) is 0.943. The lowest BCUT2D eigenvalue weighted by Gasteiger charge is -2.31. The lowest BCUT2D eigenvalue weighted by Crippen LogP contribution is -2.40. The first-order chi connectivity index (χ1) is 10.6. The minimum absolute atomic E-state index is 0.322. The first-order valence-corrected chi connectivity index (χ1v) is 7.93. The fourth-order valence-corrected chi connectivity index (χ4v) is 2.67. The largest absolute Gasteiger partial charge is 0.356 e. The van der Waals surface area contributed by atoms with E-state index in [9.17, 15) is 0 Å². The molecule has 1 fully saturated rings. The molecule has 0 bridgehead atoms. The molecular formula is C17H23N5. The molecule has 3 heterocycles. The first-order valence-electron chi connectivity index (χ1n) is 7.93. The molecule has 2 aromatic heterocycles. The van der Waals surface area contributed by atoms with Crippen molar-refractivity contribution in [3.63, 3.8) is 0 Å². The van der Waals surface area contributed by atoms with Gasteiger partial charge in [0.05, 0.1) is 0 Å². The zero-order valence-corrected chi connectivity index (χ0v) is 13.2. The van der Waals surface area contributed by atoms with Gasteiger partial charge in [-0.05, 0) is 30.9 Å². The van der Waals surface area contributed by atoms with Crippen LogP contribution in [0.25, 0.3) is 11.4 Å². The summed E-state index contributed by atoms with van der Waals surface area (Å²) in [6.45, 7) is 6.25. The van der Waals surface area contributed by atoms with E-state index in [2.05, 4.69) is 29.8 Å². The number of pyridine rings is 1. The summed E-state index contributed by atoms with van der Waals surface area (Å²) in [5.74, 6) is 2.16. The molecule has 0 aliphatic carbocycles. The van der Waals surface area contributed by atoms with Gasteiger partial charge in [-0.2, -0.15) is 0 Å². The van der Waals surface area contributed by atoms with E-state index in [4.69, 9.17) is 15.7 Å². The smallest absolute Gasteiger partial charge is 0.161 e. The average molecular weight is 297 g/mol. The van der Waals surface area contributed by atoms with E-state index < -0.39 is 0 Å². The summed E-state index contributed by atoms with van der Waals surface area (Å²) >= 11 is 0. The molecule has 0 unspecified atom stereocenters. The highest BCUT2D eigenvalue weighted by Crippen LogP contribution is 2.25. The van der Waals surface area contributed by atoms with Gasteiger partial charge in [0.15, 0.2) is 5.82 Å². The van der Waals surface area contributed by atoms with Crippen LogP contribution in [0.4, 0.5) is 5.82 Å². The van der Waals surface area contributed by atoms with Gasteiger partial charge in [0.2, 0.25) is 0 Å². The van der Waals surface area contributed by atoms with Crippen molar-refractivity contribution in [1.82, 2.24) is 15.0 Å². The van der Waals surface area contributed by atoms with Crippen LogP contribution in [0.1, 0.15) is 38.3 Å². The Morgan fingerprint density at radius 1 is 1.14 bits per heavy atom. The van der Waals surface area contributed by atoms with Crippen LogP contribution in [0.5, 0.6) is 0 Å². The number of nitrogens with two attached hydrogens (primary N) is 1. The maximum atomic E-state index is 6.01. The third-order valence-corrected chi connectivity index (χ3v) is 4.13. The van der Waals surface area contributed by atoms with Crippen LogP contribution in [0.15, 0.2) is 30.6 Å². The van der Waals surface area contributed by atoms with Crippen LogP contribution in [0, 0.1) is 0 Å². The van der Waals surface area contributed by atoms with Gasteiger partial charge in [-0.25, -0.2) is 9.97 Å². The average Bonchev–Trinajstić information content (AvgIpc) is 2.56. The summed E-state index contributed by atoms with van der Waals surface area (Å²) in [5, 5.41) is 0. The van der Waals surface area contributed by atoms with Crippen LogP contribution < -0.4 is 10.6 Å². The second kappa shape index (κ2) is 6.40. The maximum absolute atomic E-state index is 6.01. The molecule has 5 heteroatoms. The zero-order chi connectivity index (χ0) is 15.5. The molecule has 5 nitrogen and oxygen atoms in total. The number of piperidine rings is 1. The monoisotopic (exact) mass is 297 g/mol. The Labute approximate surface area is 131 Å². The van der Waals surface area contributed by atoms with Crippen LogP contribution in [0.2, 0.25) is 0 Å². The predicted molar refractivity (Wildman–Crippen MR) is 88.8 cm³/mol. The molecule has 0 atom stereocenters. The normalized spacial score (nSPS) is 16.3. The standard InChI is InChI=1S/C17H23N5/c1-12(2)15-11-16(22-9-5-14(18)6-10-22)21-17(20-15)13-3-7-19-8-4-13/h3-4,7-8,11-12,14H,5-6,9-10,18H2,1-2H3. The van der Waals surface area contributed by atoms with Crippen molar-refractivity contribution in [2.24, 2.45) is 5.73 Å². The van der Waals surface area contributed by atoms with E-state index in [0.29, 0.717) is 12.0 Å². The number of hydrogen-bond acceptors (Lipinski definition) is 5. The third-order valence-electron chi connectivity index (χ3n) is 4.13. The van der Waals surface area contributed by atoms with Crippen molar-refractivity contribution in [3.05, 3.63) is 36.3 Å². The van der Waals surface area contributed by atoms with Crippen molar-refractivity contribution in [3.8, 4) is 11.4 Å². The Bertz CT molecular complexity index is 618. The van der Waals surface area contributed by atoms with Crippen LogP contribution in [-0.2, 0) is 0 Å². The lowest BCUT2D eigenvalue weighted by molar-refractivity contribution is 0.498. The van der Waals surface area contributed by atoms with Gasteiger partial charge in [0, 0.05) is 48.8 Å². The summed E-state index contributed by atoms with van der Waals surface area (Å²) in [6.07, 6.45) is 5.60. The van der Waals surface area contributed by atoms with Gasteiger partial charge in [0.25, 0.3) is 0 Å². The van der Waals surface area contributed by atoms with Crippen LogP contribution >= 0.6 is 0 Å². The van der Waals surface area contributed by atoms with E-state index in [1.54, 1.807) is 12.4 Å². The second-order valence-corrected chi connectivity index (χ2v) is 6.19. The van der Waals surface area contributed by atoms with Crippen molar-refractivity contribution < 1.29 is 0 Å². The fourth-order valence-electron chi connectivity index (χ4n) is 2.67. The molecule has 1 aliphatic rings. The SMILES string of the molecule is CC(C)c1cc(N2CCC(N)CC2)nc(-c2ccncc2)n1. The summed E-state index contributed by atoms with van der Waals surface area (Å²) in [7, 11) is 0. The Balaban J connectivity index is 1.97. The number of hydrogen-bond donors (Lipinski definition) is 1. The Morgan fingerprint density at radius 3 is 2.45 bits per heavy atom. The van der Waals surface area contributed by atoms with Gasteiger partial charge in [-0.3, -0.25) is 4.98 Å². The predicted octanol–water partition coefficient (Wildman–Crippen LogP) is 2.59. The molecule has 3 rings (SSSR count). The Kier molecular flexibility index (Phi) is 4.34. The molecule has 116 valence electrons. The molecule has 0 aromatic carbocycles. The Morgan fingerprint density at radius 2 is 1.82 bits per heavy atom. The van der Waals surface area contributed by atoms with Crippen molar-refractivity contribution >= 4 is 5.82 Å². The summed E-state index contributed by atoms with van der Waals surface area (Å²) in [4.78, 5) is 15.9. The van der Waals surface area contributed by atoms with Gasteiger partial charge in [0.1, 0.15) is 5.82 Å². The molecule has 0 saturated carbocycles. The minimum Gasteiger partial charge on any atom is -0.356 e. The molecule has 0 spiro atoms. The second-order valence-electron chi connectivity index (χ2n) is 6.19. The number of anilines is 1. The van der Waals surface area contributed by atoms with Gasteiger partial charge < -0.3 is 10.6 Å². The topological polar surface area (TPSA) is 67.9 Å². The fraction of sp³-hybridized carbons (Fsp3) is 0.471. The van der Waals surface area contributed by atoms with Crippen LogP contribution in [-0.4, -0.2) is 34.1 Å². The van der Waals surface area contributed by atoms with Crippen molar-refractivity contribution in [2.75, 3.05) is 18.0 Å². The summed E-state index contributed by atoms with van der Waals surface area (Å²) < 4.78 is 0. The first kappa shape index (κ1) is 14.9. The van der Waals surface area contributed by atoms with Crippen molar-refractivity contribution in [1.29, 1.82) is 0 Å². The van der Waals surface area contributed by atoms with Gasteiger partial charge in [-0.15, -0.1) is 0 Å². The zero-order valence-electron chi connectivity index (χ0n) is 13.2. The molecular weight excluding hydrogens is 274 g/mol. The Hall–Kier alpha value is -2.01. The highest BCUT2D eigenvalue weighted by molar-refractivity contribution is 5.57. The van der Waals surface area contributed by atoms with E-state index >= 15 is 0 Å². The molecule has 2 aromatic rings. The lowest BCUT2D eigenvalue weighted by atomic mass is 10.1. The van der Waals surface area contributed by atoms with E-state index in [0.717, 1.165) is 48.8 Å². The highest BCUT2D eigenvalue weighted by atomic mass is 15.2. The van der Waals surface area contributed by atoms with E-state index in [1.807, 2.05) is 12.1 Å². The minimum atomic E-state index is 0.322. The molecule has 1 aliphatic heterocycles. The van der Waals surface area contributed by atoms with Gasteiger partial charge >= 0.3 is 0 Å². The van der Waals surface area contributed by atoms with E-state index in [1.165, 1.54) is 0 Å². The van der Waals surface area contributed by atoms with Crippen molar-refractivity contribution in [2.45, 2.75) is 38.6 Å². The number of rotatable bonds is 3. The summed E-state index contributed by atoms with van der Waals surface area (Å²) in [5.41, 5.74) is 8.09. The number of aromatic nitrogens is 3. The molecule has 0 amide bonds. The molecule has 2 N–H and O–H groups in total. The highest BCUT2D eigenvalue weighted by Gasteiger charge is 2.19. The third kappa shape index (κ3) is 3.25. The molecule has 1 saturated heterocycles. The number of nitrogens with zero attached hydrogens (tertiary/aromatic N) is 4. The van der Waals surface area contributed by atoms with Gasteiger partial charge in [-0.1, -0.05) is 13.8 Å². The van der Waals surface area contributed by atoms with Crippen LogP contribution in [0.3, 0.4) is 0 Å². The van der Waals surface area contributed by atoms with E-state index in [-0.39, 0.29) is 0 Å². The molecule has 0 radical (unpaired) electrons.